The number of carbonyl (C=O) groups excluding carboxylic acids is 5. The van der Waals surface area contributed by atoms with Crippen LogP contribution in [-0.2, 0) is 27.5 Å². The first kappa shape index (κ1) is 43.5. The van der Waals surface area contributed by atoms with Crippen LogP contribution in [0.15, 0.2) is 115 Å². The number of benzene rings is 4. The van der Waals surface area contributed by atoms with E-state index in [9.17, 15) is 24.0 Å². The Morgan fingerprint density at radius 2 is 1.77 bits per heavy atom. The van der Waals surface area contributed by atoms with Crippen molar-refractivity contribution in [3.63, 3.8) is 0 Å². The highest BCUT2D eigenvalue weighted by Gasteiger charge is 2.39. The fourth-order valence-electron chi connectivity index (χ4n) is 8.83. The van der Waals surface area contributed by atoms with Crippen molar-refractivity contribution in [2.45, 2.75) is 50.9 Å². The van der Waals surface area contributed by atoms with Crippen LogP contribution in [0, 0.1) is 0 Å². The molecule has 0 saturated carbocycles. The lowest BCUT2D eigenvalue weighted by molar-refractivity contribution is -0.137. The van der Waals surface area contributed by atoms with E-state index in [1.165, 1.54) is 16.9 Å². The number of nitrogens with two attached hydrogens (primary N) is 1. The van der Waals surface area contributed by atoms with Gasteiger partial charge in [-0.2, -0.15) is 5.10 Å². The number of aromatic nitrogens is 3. The van der Waals surface area contributed by atoms with Gasteiger partial charge in [-0.1, -0.05) is 48.5 Å². The number of rotatable bonds is 12. The van der Waals surface area contributed by atoms with Crippen LogP contribution in [0.25, 0.3) is 22.2 Å². The monoisotopic (exact) mass is 907 g/mol. The summed E-state index contributed by atoms with van der Waals surface area (Å²) in [6, 6.07) is 27.7. The van der Waals surface area contributed by atoms with Crippen LogP contribution in [-0.4, -0.2) is 87.0 Å². The molecule has 0 radical (unpaired) electrons. The summed E-state index contributed by atoms with van der Waals surface area (Å²) in [6.45, 7) is 5.11. The van der Waals surface area contributed by atoms with Crippen molar-refractivity contribution >= 4 is 63.7 Å². The Morgan fingerprint density at radius 1 is 0.985 bits per heavy atom. The van der Waals surface area contributed by atoms with E-state index in [-0.39, 0.29) is 66.8 Å². The number of nitrogens with one attached hydrogen (secondary N) is 2. The average Bonchev–Trinajstić information content (AvgIpc) is 3.88. The maximum atomic E-state index is 14.3. The number of urea groups is 1. The number of nitrogen functional groups attached to an aromatic ring is 1. The van der Waals surface area contributed by atoms with Crippen molar-refractivity contribution in [1.29, 1.82) is 0 Å². The van der Waals surface area contributed by atoms with Crippen LogP contribution in [0.5, 0.6) is 17.2 Å². The molecule has 6 aromatic rings. The first-order valence-corrected chi connectivity index (χ1v) is 21.9. The molecule has 4 N–H and O–H groups in total. The van der Waals surface area contributed by atoms with E-state index in [0.717, 1.165) is 23.3 Å². The molecule has 5 heterocycles. The number of hydrogen-bond acceptors (Lipinski definition) is 10. The Labute approximate surface area is 384 Å². The number of methoxy groups -OCH3 is 1. The normalized spacial score (nSPS) is 17.0. The molecule has 336 valence electrons. The predicted octanol–water partition coefficient (Wildman–Crippen LogP) is 7.03. The third-order valence-electron chi connectivity index (χ3n) is 12.2. The second kappa shape index (κ2) is 18.4. The molecule has 9 rings (SSSR count). The highest BCUT2D eigenvalue weighted by Crippen LogP contribution is 2.37. The summed E-state index contributed by atoms with van der Waals surface area (Å²) in [5.41, 5.74) is 11.2. The molecule has 3 aliphatic heterocycles. The standard InChI is InChI=1S/C49H46ClN9O7/c1-29(47(62)56-22-6-7-34(28-56)59-39-20-21-52-45(51)43(39)44(55-59)31-11-14-36(15-12-31)66-35-8-4-3-5-9-35)26-57(33-13-18-41(65-2)38(50)24-33)49(64)53-25-30-10-16-37-32(23-30)27-58(48(37)63)40-17-19-42(60)54-46(40)61/h3-5,8-16,18,20-21,23-24,34,40H,1,6-7,17,19,22,25-28H2,2H3,(H2,51,52)(H,53,64)(H,54,60,61)/t34-,40?/m1/s1. The largest absolute Gasteiger partial charge is 0.495 e. The van der Waals surface area contributed by atoms with Gasteiger partial charge in [-0.25, -0.2) is 9.78 Å². The molecular weight excluding hydrogens is 862 g/mol. The lowest BCUT2D eigenvalue weighted by atomic mass is 10.0. The number of imide groups is 1. The molecule has 1 unspecified atom stereocenters. The van der Waals surface area contributed by atoms with E-state index in [0.29, 0.717) is 70.3 Å². The molecule has 17 heteroatoms. The van der Waals surface area contributed by atoms with Crippen LogP contribution in [0.1, 0.15) is 53.2 Å². The van der Waals surface area contributed by atoms with Crippen LogP contribution in [0.4, 0.5) is 16.3 Å². The van der Waals surface area contributed by atoms with Crippen molar-refractivity contribution in [2.75, 3.05) is 37.4 Å². The molecular formula is C49H46ClN9O7. The van der Waals surface area contributed by atoms with Gasteiger partial charge in [-0.05, 0) is 97.1 Å². The summed E-state index contributed by atoms with van der Waals surface area (Å²) in [5, 5.41) is 11.3. The van der Waals surface area contributed by atoms with E-state index in [1.807, 2.05) is 71.4 Å². The Bertz CT molecular complexity index is 2900. The fraction of sp³-hybridized carbons (Fsp3) is 0.245. The number of likely N-dealkylation sites (tertiary alicyclic amines) is 1. The van der Waals surface area contributed by atoms with E-state index >= 15 is 0 Å². The highest BCUT2D eigenvalue weighted by atomic mass is 35.5. The topological polar surface area (TPSA) is 194 Å². The SMILES string of the molecule is C=C(CN(C(=O)NCc1ccc2c(c1)CN(C1CCC(=O)NC1=O)C2=O)c1ccc(OC)c(Cl)c1)C(=O)N1CCC[C@@H](n2nc(-c3ccc(Oc4ccccc4)cc3)c3c(N)nccc32)C1. The van der Waals surface area contributed by atoms with Gasteiger partial charge >= 0.3 is 6.03 Å². The molecule has 2 saturated heterocycles. The summed E-state index contributed by atoms with van der Waals surface area (Å²) in [5.74, 6) is 0.705. The Hall–Kier alpha value is -7.72. The molecule has 2 fully saturated rings. The molecule has 4 aromatic carbocycles. The van der Waals surface area contributed by atoms with Gasteiger partial charge in [0.25, 0.3) is 11.8 Å². The zero-order valence-corrected chi connectivity index (χ0v) is 36.8. The average molecular weight is 908 g/mol. The summed E-state index contributed by atoms with van der Waals surface area (Å²) >= 11 is 6.55. The quantitative estimate of drug-likeness (QED) is 0.0848. The number of halogens is 1. The molecule has 0 aliphatic carbocycles. The maximum absolute atomic E-state index is 14.3. The molecule has 66 heavy (non-hydrogen) atoms. The second-order valence-electron chi connectivity index (χ2n) is 16.4. The number of carbonyl (C=O) groups is 5. The summed E-state index contributed by atoms with van der Waals surface area (Å²) < 4.78 is 13.3. The Balaban J connectivity index is 0.901. The summed E-state index contributed by atoms with van der Waals surface area (Å²) in [7, 11) is 1.49. The first-order valence-electron chi connectivity index (χ1n) is 21.5. The lowest BCUT2D eigenvalue weighted by Gasteiger charge is -2.34. The molecule has 3 aliphatic rings. The van der Waals surface area contributed by atoms with E-state index in [4.69, 9.17) is 31.9 Å². The number of fused-ring (bicyclic) bond motifs is 2. The summed E-state index contributed by atoms with van der Waals surface area (Å²) in [4.78, 5) is 75.0. The number of para-hydroxylation sites is 1. The van der Waals surface area contributed by atoms with Gasteiger partial charge in [0, 0.05) is 61.2 Å². The Kier molecular flexibility index (Phi) is 12.1. The number of anilines is 2. The van der Waals surface area contributed by atoms with Gasteiger partial charge in [0.05, 0.1) is 35.6 Å². The number of piperidine rings is 2. The number of nitrogens with zero attached hydrogens (tertiary/aromatic N) is 6. The van der Waals surface area contributed by atoms with Gasteiger partial charge in [-0.15, -0.1) is 0 Å². The van der Waals surface area contributed by atoms with Crippen LogP contribution in [0.3, 0.4) is 0 Å². The van der Waals surface area contributed by atoms with Crippen molar-refractivity contribution in [2.24, 2.45) is 0 Å². The Morgan fingerprint density at radius 3 is 2.53 bits per heavy atom. The third-order valence-corrected chi connectivity index (χ3v) is 12.5. The first-order chi connectivity index (χ1) is 31.9. The molecule has 16 nitrogen and oxygen atoms in total. The van der Waals surface area contributed by atoms with Crippen LogP contribution in [0.2, 0.25) is 5.02 Å². The zero-order chi connectivity index (χ0) is 46.1. The maximum Gasteiger partial charge on any atom is 0.322 e. The van der Waals surface area contributed by atoms with Crippen molar-refractivity contribution in [3.05, 3.63) is 137 Å². The van der Waals surface area contributed by atoms with Crippen molar-refractivity contribution in [3.8, 4) is 28.5 Å². The van der Waals surface area contributed by atoms with Gasteiger partial charge in [-0.3, -0.25) is 34.1 Å². The molecule has 6 amide bonds. The van der Waals surface area contributed by atoms with E-state index in [2.05, 4.69) is 22.2 Å². The third kappa shape index (κ3) is 8.74. The molecule has 0 bridgehead atoms. The van der Waals surface area contributed by atoms with E-state index < -0.39 is 18.0 Å². The predicted molar refractivity (Wildman–Crippen MR) is 248 cm³/mol. The number of hydrogen-bond donors (Lipinski definition) is 3. The van der Waals surface area contributed by atoms with Crippen molar-refractivity contribution < 1.29 is 33.4 Å². The molecule has 2 aromatic heterocycles. The molecule has 0 spiro atoms. The van der Waals surface area contributed by atoms with Gasteiger partial charge in [0.15, 0.2) is 0 Å². The fourth-order valence-corrected chi connectivity index (χ4v) is 9.09. The number of ether oxygens (including phenoxy) is 2. The highest BCUT2D eigenvalue weighted by molar-refractivity contribution is 6.32. The van der Waals surface area contributed by atoms with Gasteiger partial charge in [0.2, 0.25) is 11.8 Å². The smallest absolute Gasteiger partial charge is 0.322 e. The van der Waals surface area contributed by atoms with Crippen LogP contribution < -0.4 is 30.7 Å². The minimum atomic E-state index is -0.742. The summed E-state index contributed by atoms with van der Waals surface area (Å²) in [6.07, 6.45) is 3.51. The minimum Gasteiger partial charge on any atom is -0.495 e. The second-order valence-corrected chi connectivity index (χ2v) is 16.8. The molecule has 2 atom stereocenters. The number of pyridine rings is 1. The zero-order valence-electron chi connectivity index (χ0n) is 36.0. The van der Waals surface area contributed by atoms with Crippen LogP contribution >= 0.6 is 11.6 Å². The minimum absolute atomic E-state index is 0.0821. The number of amides is 6. The van der Waals surface area contributed by atoms with E-state index in [1.54, 1.807) is 41.4 Å². The lowest BCUT2D eigenvalue weighted by Crippen LogP contribution is -2.52. The van der Waals surface area contributed by atoms with Gasteiger partial charge in [0.1, 0.15) is 34.8 Å². The van der Waals surface area contributed by atoms with Gasteiger partial charge < -0.3 is 30.3 Å². The van der Waals surface area contributed by atoms with Crippen molar-refractivity contribution in [1.82, 2.24) is 35.2 Å².